The van der Waals surface area contributed by atoms with Gasteiger partial charge in [0.1, 0.15) is 5.75 Å². The fraction of sp³-hybridized carbons (Fsp3) is 0.412. The SMILES string of the molecule is CC(=O)n1cc(CCN(C)C)c2c(OC(=O)N(C)C)cccc21. The number of ether oxygens (including phenoxy) is 1. The Morgan fingerprint density at radius 2 is 1.87 bits per heavy atom. The largest absolute Gasteiger partial charge is 0.414 e. The maximum Gasteiger partial charge on any atom is 0.414 e. The lowest BCUT2D eigenvalue weighted by atomic mass is 10.1. The van der Waals surface area contributed by atoms with Crippen LogP contribution in [0.15, 0.2) is 24.4 Å². The van der Waals surface area contributed by atoms with E-state index in [1.165, 1.54) is 11.8 Å². The van der Waals surface area contributed by atoms with E-state index in [2.05, 4.69) is 4.90 Å². The summed E-state index contributed by atoms with van der Waals surface area (Å²) in [6.07, 6.45) is 2.16. The fourth-order valence-electron chi connectivity index (χ4n) is 2.40. The molecule has 2 rings (SSSR count). The quantitative estimate of drug-likeness (QED) is 0.869. The fourth-order valence-corrected chi connectivity index (χ4v) is 2.40. The average molecular weight is 317 g/mol. The zero-order chi connectivity index (χ0) is 17.1. The molecule has 0 saturated carbocycles. The molecule has 0 fully saturated rings. The van der Waals surface area contributed by atoms with Gasteiger partial charge in [0, 0.05) is 39.1 Å². The van der Waals surface area contributed by atoms with Gasteiger partial charge in [-0.1, -0.05) is 6.07 Å². The highest BCUT2D eigenvalue weighted by Gasteiger charge is 2.17. The van der Waals surface area contributed by atoms with Gasteiger partial charge in [0.15, 0.2) is 0 Å². The van der Waals surface area contributed by atoms with Gasteiger partial charge in [0.25, 0.3) is 0 Å². The summed E-state index contributed by atoms with van der Waals surface area (Å²) in [7, 11) is 7.26. The van der Waals surface area contributed by atoms with Crippen LogP contribution in [0, 0.1) is 0 Å². The summed E-state index contributed by atoms with van der Waals surface area (Å²) in [5.41, 5.74) is 1.75. The van der Waals surface area contributed by atoms with Crippen molar-refractivity contribution in [3.05, 3.63) is 30.0 Å². The summed E-state index contributed by atoms with van der Waals surface area (Å²) in [4.78, 5) is 27.2. The van der Waals surface area contributed by atoms with Crippen LogP contribution in [0.3, 0.4) is 0 Å². The van der Waals surface area contributed by atoms with Crippen molar-refractivity contribution in [1.82, 2.24) is 14.4 Å². The van der Waals surface area contributed by atoms with Gasteiger partial charge in [0.2, 0.25) is 5.91 Å². The van der Waals surface area contributed by atoms with Crippen molar-refractivity contribution < 1.29 is 14.3 Å². The van der Waals surface area contributed by atoms with Crippen molar-refractivity contribution in [3.63, 3.8) is 0 Å². The maximum absolute atomic E-state index is 11.9. The van der Waals surface area contributed by atoms with Crippen molar-refractivity contribution >= 4 is 22.9 Å². The molecule has 6 nitrogen and oxygen atoms in total. The molecule has 2 aromatic rings. The Kier molecular flexibility index (Phi) is 5.05. The van der Waals surface area contributed by atoms with Crippen molar-refractivity contribution in [2.45, 2.75) is 13.3 Å². The first-order chi connectivity index (χ1) is 10.8. The molecular weight excluding hydrogens is 294 g/mol. The molecule has 0 N–H and O–H groups in total. The van der Waals surface area contributed by atoms with Crippen molar-refractivity contribution in [1.29, 1.82) is 0 Å². The van der Waals surface area contributed by atoms with Crippen LogP contribution in [0.1, 0.15) is 17.3 Å². The Labute approximate surface area is 136 Å². The van der Waals surface area contributed by atoms with E-state index in [4.69, 9.17) is 4.74 Å². The second-order valence-corrected chi connectivity index (χ2v) is 6.01. The first-order valence-electron chi connectivity index (χ1n) is 7.49. The molecule has 1 aromatic heterocycles. The van der Waals surface area contributed by atoms with E-state index >= 15 is 0 Å². The summed E-state index contributed by atoms with van der Waals surface area (Å²) < 4.78 is 7.08. The smallest absolute Gasteiger partial charge is 0.409 e. The summed E-state index contributed by atoms with van der Waals surface area (Å²) in [6, 6.07) is 5.41. The van der Waals surface area contributed by atoms with E-state index in [1.807, 2.05) is 26.4 Å². The van der Waals surface area contributed by atoms with Crippen LogP contribution in [-0.4, -0.2) is 61.1 Å². The second-order valence-electron chi connectivity index (χ2n) is 6.01. The van der Waals surface area contributed by atoms with Gasteiger partial charge in [-0.2, -0.15) is 0 Å². The van der Waals surface area contributed by atoms with Crippen LogP contribution in [-0.2, 0) is 6.42 Å². The molecular formula is C17H23N3O3. The number of carbonyl (C=O) groups is 2. The number of nitrogens with zero attached hydrogens (tertiary/aromatic N) is 3. The Balaban J connectivity index is 2.54. The van der Waals surface area contributed by atoms with E-state index in [1.54, 1.807) is 30.8 Å². The van der Waals surface area contributed by atoms with Crippen LogP contribution in [0.5, 0.6) is 5.75 Å². The van der Waals surface area contributed by atoms with Crippen LogP contribution in [0.25, 0.3) is 10.9 Å². The Morgan fingerprint density at radius 1 is 1.17 bits per heavy atom. The van der Waals surface area contributed by atoms with E-state index < -0.39 is 6.09 Å². The van der Waals surface area contributed by atoms with Crippen molar-refractivity contribution in [2.75, 3.05) is 34.7 Å². The molecule has 0 spiro atoms. The third-order valence-corrected chi connectivity index (χ3v) is 3.60. The number of rotatable bonds is 4. The molecule has 1 heterocycles. The number of fused-ring (bicyclic) bond motifs is 1. The maximum atomic E-state index is 11.9. The second kappa shape index (κ2) is 6.83. The zero-order valence-electron chi connectivity index (χ0n) is 14.3. The molecule has 1 amide bonds. The molecule has 1 aromatic carbocycles. The molecule has 23 heavy (non-hydrogen) atoms. The van der Waals surface area contributed by atoms with Crippen LogP contribution in [0.4, 0.5) is 4.79 Å². The summed E-state index contributed by atoms with van der Waals surface area (Å²) in [5, 5.41) is 0.819. The van der Waals surface area contributed by atoms with E-state index in [0.29, 0.717) is 5.75 Å². The van der Waals surface area contributed by atoms with E-state index in [0.717, 1.165) is 29.4 Å². The summed E-state index contributed by atoms with van der Waals surface area (Å²) in [6.45, 7) is 2.36. The topological polar surface area (TPSA) is 54.8 Å². The van der Waals surface area contributed by atoms with Crippen LogP contribution < -0.4 is 4.74 Å². The van der Waals surface area contributed by atoms with Gasteiger partial charge in [-0.15, -0.1) is 0 Å². The Hall–Kier alpha value is -2.34. The van der Waals surface area contributed by atoms with Gasteiger partial charge < -0.3 is 14.5 Å². The first kappa shape index (κ1) is 17.0. The molecule has 6 heteroatoms. The molecule has 0 radical (unpaired) electrons. The summed E-state index contributed by atoms with van der Waals surface area (Å²) >= 11 is 0. The highest BCUT2D eigenvalue weighted by atomic mass is 16.6. The zero-order valence-corrected chi connectivity index (χ0v) is 14.3. The van der Waals surface area contributed by atoms with E-state index in [-0.39, 0.29) is 5.91 Å². The number of amides is 1. The van der Waals surface area contributed by atoms with Gasteiger partial charge >= 0.3 is 6.09 Å². The number of hydrogen-bond acceptors (Lipinski definition) is 4. The number of aromatic nitrogens is 1. The van der Waals surface area contributed by atoms with Crippen LogP contribution in [0.2, 0.25) is 0 Å². The highest BCUT2D eigenvalue weighted by Crippen LogP contribution is 2.31. The predicted octanol–water partition coefficient (Wildman–Crippen LogP) is 2.47. The Morgan fingerprint density at radius 3 is 2.43 bits per heavy atom. The minimum Gasteiger partial charge on any atom is -0.409 e. The molecule has 0 saturated heterocycles. The van der Waals surface area contributed by atoms with Crippen molar-refractivity contribution in [3.8, 4) is 5.75 Å². The van der Waals surface area contributed by atoms with Gasteiger partial charge in [0.05, 0.1) is 5.52 Å². The third-order valence-electron chi connectivity index (χ3n) is 3.60. The lowest BCUT2D eigenvalue weighted by molar-refractivity contribution is 0.0941. The minimum absolute atomic E-state index is 0.0674. The number of carbonyl (C=O) groups excluding carboxylic acids is 2. The van der Waals surface area contributed by atoms with E-state index in [9.17, 15) is 9.59 Å². The molecule has 124 valence electrons. The molecule has 0 atom stereocenters. The average Bonchev–Trinajstić information content (AvgIpc) is 2.85. The van der Waals surface area contributed by atoms with Gasteiger partial charge in [-0.3, -0.25) is 9.36 Å². The van der Waals surface area contributed by atoms with Crippen LogP contribution >= 0.6 is 0 Å². The standard InChI is InChI=1S/C17H23N3O3/c1-12(21)20-11-13(9-10-18(2)3)16-14(20)7-6-8-15(16)23-17(22)19(4)5/h6-8,11H,9-10H2,1-5H3. The Bertz CT molecular complexity index is 732. The van der Waals surface area contributed by atoms with Gasteiger partial charge in [-0.25, -0.2) is 4.79 Å². The molecule has 0 aliphatic carbocycles. The molecule has 0 unspecified atom stereocenters. The third kappa shape index (κ3) is 3.71. The monoisotopic (exact) mass is 317 g/mol. The molecule has 0 aliphatic rings. The summed E-state index contributed by atoms with van der Waals surface area (Å²) in [5.74, 6) is 0.414. The minimum atomic E-state index is -0.438. The highest BCUT2D eigenvalue weighted by molar-refractivity contribution is 5.98. The number of hydrogen-bond donors (Lipinski definition) is 0. The molecule has 0 bridgehead atoms. The van der Waals surface area contributed by atoms with Gasteiger partial charge in [-0.05, 0) is 38.2 Å². The first-order valence-corrected chi connectivity index (χ1v) is 7.49. The lowest BCUT2D eigenvalue weighted by Crippen LogP contribution is -2.25. The lowest BCUT2D eigenvalue weighted by Gasteiger charge is -2.13. The number of benzene rings is 1. The normalized spacial score (nSPS) is 11.0. The molecule has 0 aliphatic heterocycles. The predicted molar refractivity (Wildman–Crippen MR) is 90.2 cm³/mol. The number of likely N-dealkylation sites (N-methyl/N-ethyl adjacent to an activating group) is 1. The van der Waals surface area contributed by atoms with Crippen molar-refractivity contribution in [2.24, 2.45) is 0 Å².